The second-order valence-electron chi connectivity index (χ2n) is 6.38. The molecule has 2 aromatic carbocycles. The first-order valence-corrected chi connectivity index (χ1v) is 8.73. The molecular formula is C19H15ClF4N2O2. The number of hydrogen-bond acceptors (Lipinski definition) is 2. The van der Waals surface area contributed by atoms with Gasteiger partial charge in [-0.05, 0) is 29.8 Å². The Morgan fingerprint density at radius 3 is 2.61 bits per heavy atom. The van der Waals surface area contributed by atoms with Crippen LogP contribution in [0.1, 0.15) is 17.5 Å². The lowest BCUT2D eigenvalue weighted by atomic mass is 10.1. The number of anilines is 1. The zero-order chi connectivity index (χ0) is 20.5. The molecular weight excluding hydrogens is 400 g/mol. The summed E-state index contributed by atoms with van der Waals surface area (Å²) in [7, 11) is 0. The Bertz CT molecular complexity index is 917. The van der Waals surface area contributed by atoms with Crippen LogP contribution in [0.3, 0.4) is 0 Å². The number of hydrogen-bond donors (Lipinski definition) is 1. The molecule has 1 saturated heterocycles. The molecule has 0 unspecified atom stereocenters. The molecule has 2 aromatic rings. The van der Waals surface area contributed by atoms with Gasteiger partial charge < -0.3 is 10.2 Å². The van der Waals surface area contributed by atoms with E-state index in [9.17, 15) is 27.2 Å². The number of nitrogens with one attached hydrogen (secondary N) is 1. The summed E-state index contributed by atoms with van der Waals surface area (Å²) in [5.74, 6) is -2.23. The highest BCUT2D eigenvalue weighted by atomic mass is 35.5. The number of carbonyl (C=O) groups excluding carboxylic acids is 2. The molecule has 1 heterocycles. The van der Waals surface area contributed by atoms with Crippen molar-refractivity contribution in [3.8, 4) is 0 Å². The normalized spacial score (nSPS) is 17.1. The van der Waals surface area contributed by atoms with E-state index in [1.807, 2.05) is 0 Å². The van der Waals surface area contributed by atoms with Gasteiger partial charge >= 0.3 is 6.18 Å². The average molecular weight is 415 g/mol. The van der Waals surface area contributed by atoms with Crippen molar-refractivity contribution >= 4 is 29.1 Å². The Labute approximate surface area is 163 Å². The molecule has 3 rings (SSSR count). The maximum Gasteiger partial charge on any atom is 0.416 e. The van der Waals surface area contributed by atoms with Gasteiger partial charge in [-0.15, -0.1) is 0 Å². The third-order valence-corrected chi connectivity index (χ3v) is 4.78. The number of carbonyl (C=O) groups is 2. The summed E-state index contributed by atoms with van der Waals surface area (Å²) in [6.07, 6.45) is -4.62. The zero-order valence-corrected chi connectivity index (χ0v) is 15.1. The summed E-state index contributed by atoms with van der Waals surface area (Å²) in [5.41, 5.74) is -0.524. The maximum atomic E-state index is 13.3. The van der Waals surface area contributed by atoms with Crippen molar-refractivity contribution < 1.29 is 27.2 Å². The lowest BCUT2D eigenvalue weighted by Crippen LogP contribution is -2.33. The second-order valence-corrected chi connectivity index (χ2v) is 6.78. The van der Waals surface area contributed by atoms with Crippen molar-refractivity contribution in [3.63, 3.8) is 0 Å². The first-order chi connectivity index (χ1) is 13.2. The maximum absolute atomic E-state index is 13.3. The Kier molecular flexibility index (Phi) is 5.60. The fraction of sp³-hybridized carbons (Fsp3) is 0.263. The molecule has 148 valence electrons. The van der Waals surface area contributed by atoms with Crippen molar-refractivity contribution in [2.24, 2.45) is 5.92 Å². The summed E-state index contributed by atoms with van der Waals surface area (Å²) >= 11 is 5.72. The Hall–Kier alpha value is -2.61. The molecule has 28 heavy (non-hydrogen) atoms. The van der Waals surface area contributed by atoms with E-state index in [0.717, 1.165) is 12.1 Å². The van der Waals surface area contributed by atoms with E-state index in [1.165, 1.54) is 35.2 Å². The molecule has 1 atom stereocenters. The van der Waals surface area contributed by atoms with Gasteiger partial charge in [0.2, 0.25) is 11.8 Å². The van der Waals surface area contributed by atoms with Crippen LogP contribution in [-0.4, -0.2) is 18.4 Å². The lowest BCUT2D eigenvalue weighted by molar-refractivity contribution is -0.138. The monoisotopic (exact) mass is 414 g/mol. The van der Waals surface area contributed by atoms with Crippen LogP contribution in [0.5, 0.6) is 0 Å². The number of benzene rings is 2. The molecule has 1 aliphatic heterocycles. The summed E-state index contributed by atoms with van der Waals surface area (Å²) in [6.45, 7) is -0.269. The van der Waals surface area contributed by atoms with Crippen LogP contribution in [0.25, 0.3) is 0 Å². The van der Waals surface area contributed by atoms with Gasteiger partial charge in [-0.3, -0.25) is 9.59 Å². The fourth-order valence-corrected chi connectivity index (χ4v) is 3.24. The number of halogens is 5. The van der Waals surface area contributed by atoms with Crippen molar-refractivity contribution in [2.45, 2.75) is 19.1 Å². The smallest absolute Gasteiger partial charge is 0.352 e. The summed E-state index contributed by atoms with van der Waals surface area (Å²) in [4.78, 5) is 25.9. The molecule has 0 aliphatic carbocycles. The van der Waals surface area contributed by atoms with E-state index < -0.39 is 29.4 Å². The van der Waals surface area contributed by atoms with Gasteiger partial charge in [0.1, 0.15) is 5.82 Å². The Morgan fingerprint density at radius 1 is 1.21 bits per heavy atom. The highest BCUT2D eigenvalue weighted by Crippen LogP contribution is 2.32. The zero-order valence-electron chi connectivity index (χ0n) is 14.4. The van der Waals surface area contributed by atoms with Crippen molar-refractivity contribution in [1.82, 2.24) is 5.32 Å². The third-order valence-electron chi connectivity index (χ3n) is 4.49. The van der Waals surface area contributed by atoms with Gasteiger partial charge in [0.25, 0.3) is 0 Å². The van der Waals surface area contributed by atoms with Crippen LogP contribution in [0, 0.1) is 11.7 Å². The molecule has 9 heteroatoms. The molecule has 4 nitrogen and oxygen atoms in total. The molecule has 1 N–H and O–H groups in total. The van der Waals surface area contributed by atoms with Gasteiger partial charge in [-0.1, -0.05) is 29.8 Å². The Morgan fingerprint density at radius 2 is 1.93 bits per heavy atom. The highest BCUT2D eigenvalue weighted by molar-refractivity contribution is 6.31. The predicted molar refractivity (Wildman–Crippen MR) is 95.2 cm³/mol. The largest absolute Gasteiger partial charge is 0.416 e. The van der Waals surface area contributed by atoms with E-state index in [4.69, 9.17) is 11.6 Å². The molecule has 0 saturated carbocycles. The summed E-state index contributed by atoms with van der Waals surface area (Å²) in [6, 6.07) is 8.74. The van der Waals surface area contributed by atoms with Crippen LogP contribution in [-0.2, 0) is 22.3 Å². The molecule has 0 radical (unpaired) electrons. The molecule has 1 aliphatic rings. The molecule has 1 fully saturated rings. The van der Waals surface area contributed by atoms with E-state index in [2.05, 4.69) is 5.32 Å². The third kappa shape index (κ3) is 4.27. The van der Waals surface area contributed by atoms with Crippen molar-refractivity contribution in [2.75, 3.05) is 11.4 Å². The minimum atomic E-state index is -4.52. The number of amides is 2. The number of alkyl halides is 3. The van der Waals surface area contributed by atoms with E-state index in [1.54, 1.807) is 0 Å². The topological polar surface area (TPSA) is 49.4 Å². The van der Waals surface area contributed by atoms with Crippen LogP contribution in [0.2, 0.25) is 5.02 Å². The number of nitrogens with zero attached hydrogens (tertiary/aromatic N) is 1. The van der Waals surface area contributed by atoms with Crippen LogP contribution >= 0.6 is 11.6 Å². The summed E-state index contributed by atoms with van der Waals surface area (Å²) < 4.78 is 52.4. The molecule has 0 aromatic heterocycles. The van der Waals surface area contributed by atoms with Crippen molar-refractivity contribution in [3.05, 3.63) is 64.4 Å². The van der Waals surface area contributed by atoms with Gasteiger partial charge in [-0.2, -0.15) is 13.2 Å². The van der Waals surface area contributed by atoms with Gasteiger partial charge in [-0.25, -0.2) is 4.39 Å². The first-order valence-electron chi connectivity index (χ1n) is 8.35. The van der Waals surface area contributed by atoms with E-state index in [0.29, 0.717) is 5.69 Å². The quantitative estimate of drug-likeness (QED) is 0.763. The SMILES string of the molecule is O=C(NCc1ccccc1C(F)(F)F)[C@H]1CC(=O)N(c2ccc(F)c(Cl)c2)C1. The summed E-state index contributed by atoms with van der Waals surface area (Å²) in [5, 5.41) is 2.31. The van der Waals surface area contributed by atoms with Gasteiger partial charge in [0.05, 0.1) is 16.5 Å². The van der Waals surface area contributed by atoms with E-state index >= 15 is 0 Å². The predicted octanol–water partition coefficient (Wildman–Crippen LogP) is 4.17. The standard InChI is InChI=1S/C19H15ClF4N2O2/c20-15-8-13(5-6-16(15)21)26-10-12(7-17(26)27)18(28)25-9-11-3-1-2-4-14(11)19(22,23)24/h1-6,8,12H,7,9-10H2,(H,25,28)/t12-/m0/s1. The number of rotatable bonds is 4. The van der Waals surface area contributed by atoms with Crippen LogP contribution < -0.4 is 10.2 Å². The molecule has 0 bridgehead atoms. The van der Waals surface area contributed by atoms with Crippen LogP contribution in [0.4, 0.5) is 23.2 Å². The van der Waals surface area contributed by atoms with Crippen molar-refractivity contribution in [1.29, 1.82) is 0 Å². The molecule has 2 amide bonds. The lowest BCUT2D eigenvalue weighted by Gasteiger charge is -2.17. The fourth-order valence-electron chi connectivity index (χ4n) is 3.06. The minimum absolute atomic E-state index is 0.0353. The van der Waals surface area contributed by atoms with Gasteiger partial charge in [0.15, 0.2) is 0 Å². The van der Waals surface area contributed by atoms with Gasteiger partial charge in [0, 0.05) is 25.2 Å². The highest BCUT2D eigenvalue weighted by Gasteiger charge is 2.36. The molecule has 0 spiro atoms. The minimum Gasteiger partial charge on any atom is -0.352 e. The first kappa shape index (κ1) is 20.1. The average Bonchev–Trinajstić information content (AvgIpc) is 3.03. The second kappa shape index (κ2) is 7.79. The van der Waals surface area contributed by atoms with E-state index in [-0.39, 0.29) is 36.0 Å². The van der Waals surface area contributed by atoms with Crippen LogP contribution in [0.15, 0.2) is 42.5 Å². The Balaban J connectivity index is 1.66.